The van der Waals surface area contributed by atoms with Crippen molar-refractivity contribution in [1.29, 1.82) is 0 Å². The summed E-state index contributed by atoms with van der Waals surface area (Å²) in [5.74, 6) is 1.29. The standard InChI is InChI=1S/C14H20N2O2S/c1-9(2)10-7-11-13(12(17)8-10)19-14(15-11)16-3-5-18-6-4-16/h9-10H,3-8H2,1-2H3. The summed E-state index contributed by atoms with van der Waals surface area (Å²) in [6.45, 7) is 7.67. The van der Waals surface area contributed by atoms with Crippen LogP contribution < -0.4 is 4.90 Å². The van der Waals surface area contributed by atoms with Gasteiger partial charge >= 0.3 is 0 Å². The molecule has 0 spiro atoms. The summed E-state index contributed by atoms with van der Waals surface area (Å²) in [5, 5.41) is 1.01. The van der Waals surface area contributed by atoms with Gasteiger partial charge in [-0.3, -0.25) is 4.79 Å². The number of nitrogens with zero attached hydrogens (tertiary/aromatic N) is 2. The first kappa shape index (κ1) is 13.1. The van der Waals surface area contributed by atoms with E-state index in [0.717, 1.165) is 48.4 Å². The van der Waals surface area contributed by atoms with E-state index in [1.165, 1.54) is 0 Å². The SMILES string of the molecule is CC(C)C1CC(=O)c2sc(N3CCOCC3)nc2C1. The molecule has 19 heavy (non-hydrogen) atoms. The van der Waals surface area contributed by atoms with Gasteiger partial charge in [-0.15, -0.1) is 0 Å². The molecule has 1 atom stereocenters. The van der Waals surface area contributed by atoms with Crippen molar-refractivity contribution in [1.82, 2.24) is 4.98 Å². The summed E-state index contributed by atoms with van der Waals surface area (Å²) >= 11 is 1.57. The molecule has 1 aromatic heterocycles. The Bertz CT molecular complexity index is 478. The lowest BCUT2D eigenvalue weighted by atomic mass is 9.82. The fourth-order valence-electron chi connectivity index (χ4n) is 2.71. The average Bonchev–Trinajstić information content (AvgIpc) is 2.84. The predicted octanol–water partition coefficient (Wildman–Crippen LogP) is 2.38. The van der Waals surface area contributed by atoms with Crippen molar-refractivity contribution in [2.75, 3.05) is 31.2 Å². The Balaban J connectivity index is 1.84. The van der Waals surface area contributed by atoms with Crippen LogP contribution >= 0.6 is 11.3 Å². The highest BCUT2D eigenvalue weighted by Crippen LogP contribution is 2.36. The number of thiazole rings is 1. The van der Waals surface area contributed by atoms with Crippen LogP contribution in [-0.2, 0) is 11.2 Å². The summed E-state index contributed by atoms with van der Waals surface area (Å²) in [4.78, 5) is 20.1. The highest BCUT2D eigenvalue weighted by Gasteiger charge is 2.31. The Morgan fingerprint density at radius 2 is 2.05 bits per heavy atom. The van der Waals surface area contributed by atoms with Crippen molar-refractivity contribution in [3.05, 3.63) is 10.6 Å². The maximum Gasteiger partial charge on any atom is 0.186 e. The molecule has 1 aliphatic heterocycles. The molecule has 0 bridgehead atoms. The van der Waals surface area contributed by atoms with Crippen LogP contribution in [0.15, 0.2) is 0 Å². The number of carbonyl (C=O) groups excluding carboxylic acids is 1. The molecule has 1 unspecified atom stereocenters. The molecular formula is C14H20N2O2S. The van der Waals surface area contributed by atoms with Gasteiger partial charge < -0.3 is 9.64 Å². The number of ketones is 1. The highest BCUT2D eigenvalue weighted by atomic mass is 32.1. The number of carbonyl (C=O) groups is 1. The molecule has 0 saturated carbocycles. The van der Waals surface area contributed by atoms with Crippen molar-refractivity contribution in [2.24, 2.45) is 11.8 Å². The van der Waals surface area contributed by atoms with Gasteiger partial charge in [0.15, 0.2) is 10.9 Å². The van der Waals surface area contributed by atoms with Crippen LogP contribution in [0.25, 0.3) is 0 Å². The van der Waals surface area contributed by atoms with Crippen LogP contribution in [0.4, 0.5) is 5.13 Å². The quantitative estimate of drug-likeness (QED) is 0.834. The molecular weight excluding hydrogens is 260 g/mol. The molecule has 104 valence electrons. The number of rotatable bonds is 2. The molecule has 5 heteroatoms. The summed E-state index contributed by atoms with van der Waals surface area (Å²) in [5.41, 5.74) is 1.03. The first-order valence-corrected chi connectivity index (χ1v) is 7.82. The van der Waals surface area contributed by atoms with Crippen molar-refractivity contribution in [3.63, 3.8) is 0 Å². The number of hydrogen-bond donors (Lipinski definition) is 0. The van der Waals surface area contributed by atoms with Gasteiger partial charge in [0.1, 0.15) is 0 Å². The molecule has 1 saturated heterocycles. The summed E-state index contributed by atoms with van der Waals surface area (Å²) < 4.78 is 5.36. The molecule has 1 aromatic rings. The van der Waals surface area contributed by atoms with Gasteiger partial charge in [0.2, 0.25) is 0 Å². The van der Waals surface area contributed by atoms with E-state index < -0.39 is 0 Å². The van der Waals surface area contributed by atoms with Crippen molar-refractivity contribution in [2.45, 2.75) is 26.7 Å². The van der Waals surface area contributed by atoms with E-state index in [1.54, 1.807) is 11.3 Å². The maximum absolute atomic E-state index is 12.2. The van der Waals surface area contributed by atoms with Gasteiger partial charge in [-0.25, -0.2) is 4.98 Å². The third-order valence-corrected chi connectivity index (χ3v) is 5.27. The van der Waals surface area contributed by atoms with Crippen molar-refractivity contribution >= 4 is 22.3 Å². The van der Waals surface area contributed by atoms with Gasteiger partial charge in [0.05, 0.1) is 23.8 Å². The molecule has 0 N–H and O–H groups in total. The molecule has 0 radical (unpaired) electrons. The molecule has 1 fully saturated rings. The second-order valence-electron chi connectivity index (χ2n) is 5.71. The van der Waals surface area contributed by atoms with Crippen LogP contribution in [0.2, 0.25) is 0 Å². The molecule has 2 aliphatic rings. The van der Waals surface area contributed by atoms with Gasteiger partial charge in [0.25, 0.3) is 0 Å². The van der Waals surface area contributed by atoms with Crippen LogP contribution in [0.1, 0.15) is 35.6 Å². The first-order chi connectivity index (χ1) is 9.15. The van der Waals surface area contributed by atoms with E-state index in [0.29, 0.717) is 18.3 Å². The minimum Gasteiger partial charge on any atom is -0.378 e. The summed E-state index contributed by atoms with van der Waals surface area (Å²) in [6, 6.07) is 0. The van der Waals surface area contributed by atoms with E-state index >= 15 is 0 Å². The predicted molar refractivity (Wildman–Crippen MR) is 76.1 cm³/mol. The minimum atomic E-state index is 0.289. The fourth-order valence-corrected chi connectivity index (χ4v) is 3.80. The lowest BCUT2D eigenvalue weighted by molar-refractivity contribution is 0.0937. The largest absolute Gasteiger partial charge is 0.378 e. The Labute approximate surface area is 117 Å². The Morgan fingerprint density at radius 1 is 1.32 bits per heavy atom. The van der Waals surface area contributed by atoms with Gasteiger partial charge in [0, 0.05) is 19.5 Å². The molecule has 1 aliphatic carbocycles. The Hall–Kier alpha value is -0.940. The smallest absolute Gasteiger partial charge is 0.186 e. The number of aromatic nitrogens is 1. The monoisotopic (exact) mass is 280 g/mol. The van der Waals surface area contributed by atoms with E-state index in [2.05, 4.69) is 18.7 Å². The fraction of sp³-hybridized carbons (Fsp3) is 0.714. The van der Waals surface area contributed by atoms with Gasteiger partial charge in [-0.2, -0.15) is 0 Å². The van der Waals surface area contributed by atoms with Crippen molar-refractivity contribution < 1.29 is 9.53 Å². The third-order valence-electron chi connectivity index (χ3n) is 4.07. The van der Waals surface area contributed by atoms with Crippen molar-refractivity contribution in [3.8, 4) is 0 Å². The van der Waals surface area contributed by atoms with Crippen LogP contribution in [-0.4, -0.2) is 37.1 Å². The number of anilines is 1. The average molecular weight is 280 g/mol. The molecule has 4 nitrogen and oxygen atoms in total. The van der Waals surface area contributed by atoms with Crippen LogP contribution in [0, 0.1) is 11.8 Å². The molecule has 2 heterocycles. The van der Waals surface area contributed by atoms with Gasteiger partial charge in [-0.05, 0) is 18.3 Å². The van der Waals surface area contributed by atoms with Crippen LogP contribution in [0.3, 0.4) is 0 Å². The van der Waals surface area contributed by atoms with Gasteiger partial charge in [-0.1, -0.05) is 25.2 Å². The zero-order valence-electron chi connectivity index (χ0n) is 11.5. The number of hydrogen-bond acceptors (Lipinski definition) is 5. The third kappa shape index (κ3) is 2.54. The maximum atomic E-state index is 12.2. The van der Waals surface area contributed by atoms with E-state index in [1.807, 2.05) is 0 Å². The number of fused-ring (bicyclic) bond motifs is 1. The lowest BCUT2D eigenvalue weighted by Gasteiger charge is -2.26. The zero-order chi connectivity index (χ0) is 13.4. The van der Waals surface area contributed by atoms with E-state index in [-0.39, 0.29) is 5.78 Å². The Kier molecular flexibility index (Phi) is 3.58. The molecule has 0 amide bonds. The molecule has 3 rings (SSSR count). The lowest BCUT2D eigenvalue weighted by Crippen LogP contribution is -2.36. The zero-order valence-corrected chi connectivity index (χ0v) is 12.3. The van der Waals surface area contributed by atoms with Crippen LogP contribution in [0.5, 0.6) is 0 Å². The second-order valence-corrected chi connectivity index (χ2v) is 6.68. The normalized spacial score (nSPS) is 23.8. The minimum absolute atomic E-state index is 0.289. The molecule has 0 aromatic carbocycles. The topological polar surface area (TPSA) is 42.4 Å². The summed E-state index contributed by atoms with van der Waals surface area (Å²) in [6.07, 6.45) is 1.65. The first-order valence-electron chi connectivity index (χ1n) is 7.00. The highest BCUT2D eigenvalue weighted by molar-refractivity contribution is 7.17. The van der Waals surface area contributed by atoms with E-state index in [4.69, 9.17) is 9.72 Å². The van der Waals surface area contributed by atoms with E-state index in [9.17, 15) is 4.79 Å². The number of ether oxygens (including phenoxy) is 1. The number of Topliss-reactive ketones (excluding diaryl/α,β-unsaturated/α-hetero) is 1. The summed E-state index contributed by atoms with van der Waals surface area (Å²) in [7, 11) is 0. The number of morpholine rings is 1. The Morgan fingerprint density at radius 3 is 2.74 bits per heavy atom. The second kappa shape index (κ2) is 5.21.